The van der Waals surface area contributed by atoms with Crippen molar-refractivity contribution in [2.45, 2.75) is 19.4 Å². The molecule has 2 nitrogen and oxygen atoms in total. The van der Waals surface area contributed by atoms with Crippen molar-refractivity contribution in [1.29, 1.82) is 0 Å². The van der Waals surface area contributed by atoms with Gasteiger partial charge in [0.05, 0.1) is 11.9 Å². The van der Waals surface area contributed by atoms with Crippen LogP contribution in [0.4, 0.5) is 4.39 Å². The Balaban J connectivity index is 2.53. The normalized spacial score (nSPS) is 12.7. The van der Waals surface area contributed by atoms with Gasteiger partial charge in [0.1, 0.15) is 5.82 Å². The number of hydrogen-bond acceptors (Lipinski definition) is 3. The van der Waals surface area contributed by atoms with Crippen molar-refractivity contribution < 1.29 is 4.39 Å². The zero-order valence-electron chi connectivity index (χ0n) is 9.16. The highest BCUT2D eigenvalue weighted by Crippen LogP contribution is 2.13. The summed E-state index contributed by atoms with van der Waals surface area (Å²) in [5.41, 5.74) is 0.917. The Kier molecular flexibility index (Phi) is 5.65. The van der Waals surface area contributed by atoms with Crippen LogP contribution in [0.15, 0.2) is 18.3 Å². The van der Waals surface area contributed by atoms with E-state index in [0.717, 1.165) is 24.4 Å². The van der Waals surface area contributed by atoms with E-state index >= 15 is 0 Å². The van der Waals surface area contributed by atoms with Crippen LogP contribution in [-0.4, -0.2) is 23.5 Å². The smallest absolute Gasteiger partial charge is 0.141 e. The number of hydrogen-bond donors (Lipinski definition) is 1. The van der Waals surface area contributed by atoms with Crippen molar-refractivity contribution >= 4 is 11.8 Å². The second-order valence-electron chi connectivity index (χ2n) is 3.31. The lowest BCUT2D eigenvalue weighted by Crippen LogP contribution is -2.24. The molecule has 1 aromatic rings. The van der Waals surface area contributed by atoms with Crippen molar-refractivity contribution in [1.82, 2.24) is 10.3 Å². The average Bonchev–Trinajstić information content (AvgIpc) is 2.26. The lowest BCUT2D eigenvalue weighted by molar-refractivity contribution is 0.522. The highest BCUT2D eigenvalue weighted by Gasteiger charge is 2.09. The minimum Gasteiger partial charge on any atom is -0.308 e. The third-order valence-electron chi connectivity index (χ3n) is 2.21. The summed E-state index contributed by atoms with van der Waals surface area (Å²) in [6, 6.07) is 3.44. The number of thioether (sulfide) groups is 1. The van der Waals surface area contributed by atoms with E-state index < -0.39 is 0 Å². The van der Waals surface area contributed by atoms with Gasteiger partial charge in [-0.2, -0.15) is 11.8 Å². The summed E-state index contributed by atoms with van der Waals surface area (Å²) in [7, 11) is 0. The standard InChI is InChI=1S/C11H17FN2S/c1-3-10(13-6-7-15-2)11-5-4-9(12)8-14-11/h4-5,8,10,13H,3,6-7H2,1-2H3. The molecule has 0 aliphatic rings. The number of nitrogens with zero attached hydrogens (tertiary/aromatic N) is 1. The molecule has 1 aromatic heterocycles. The van der Waals surface area contributed by atoms with Gasteiger partial charge < -0.3 is 5.32 Å². The van der Waals surface area contributed by atoms with E-state index in [0.29, 0.717) is 0 Å². The van der Waals surface area contributed by atoms with Crippen LogP contribution in [0.2, 0.25) is 0 Å². The van der Waals surface area contributed by atoms with Crippen LogP contribution in [0.1, 0.15) is 25.1 Å². The molecule has 1 atom stereocenters. The van der Waals surface area contributed by atoms with Gasteiger partial charge in [0, 0.05) is 18.3 Å². The zero-order chi connectivity index (χ0) is 11.1. The molecule has 0 saturated carbocycles. The van der Waals surface area contributed by atoms with E-state index in [-0.39, 0.29) is 11.9 Å². The molecule has 4 heteroatoms. The number of pyridine rings is 1. The molecular weight excluding hydrogens is 211 g/mol. The van der Waals surface area contributed by atoms with E-state index in [1.165, 1.54) is 12.3 Å². The predicted molar refractivity (Wildman–Crippen MR) is 63.6 cm³/mol. The summed E-state index contributed by atoms with van der Waals surface area (Å²) in [4.78, 5) is 4.08. The van der Waals surface area contributed by atoms with Gasteiger partial charge in [-0.3, -0.25) is 4.98 Å². The maximum absolute atomic E-state index is 12.7. The molecule has 0 radical (unpaired) electrons. The summed E-state index contributed by atoms with van der Waals surface area (Å²) < 4.78 is 12.7. The van der Waals surface area contributed by atoms with Gasteiger partial charge in [-0.05, 0) is 24.8 Å². The molecule has 84 valence electrons. The first kappa shape index (κ1) is 12.5. The summed E-state index contributed by atoms with van der Waals surface area (Å²) in [6.45, 7) is 3.06. The quantitative estimate of drug-likeness (QED) is 0.758. The maximum Gasteiger partial charge on any atom is 0.141 e. The number of halogens is 1. The van der Waals surface area contributed by atoms with Crippen LogP contribution in [0, 0.1) is 5.82 Å². The van der Waals surface area contributed by atoms with Crippen LogP contribution in [0.25, 0.3) is 0 Å². The molecule has 0 saturated heterocycles. The van der Waals surface area contributed by atoms with Crippen LogP contribution in [0.3, 0.4) is 0 Å². The summed E-state index contributed by atoms with van der Waals surface area (Å²) in [5.74, 6) is 0.801. The molecule has 0 aliphatic carbocycles. The molecule has 0 aliphatic heterocycles. The topological polar surface area (TPSA) is 24.9 Å². The van der Waals surface area contributed by atoms with Gasteiger partial charge in [0.25, 0.3) is 0 Å². The van der Waals surface area contributed by atoms with E-state index in [2.05, 4.69) is 23.5 Å². The number of rotatable bonds is 6. The predicted octanol–water partition coefficient (Wildman–Crippen LogP) is 2.62. The highest BCUT2D eigenvalue weighted by molar-refractivity contribution is 7.98. The molecule has 0 fully saturated rings. The Morgan fingerprint density at radius 3 is 2.87 bits per heavy atom. The Hall–Kier alpha value is -0.610. The Bertz CT molecular complexity index is 276. The lowest BCUT2D eigenvalue weighted by atomic mass is 10.1. The number of aromatic nitrogens is 1. The Morgan fingerprint density at radius 2 is 2.33 bits per heavy atom. The van der Waals surface area contributed by atoms with Crippen LogP contribution >= 0.6 is 11.8 Å². The first-order valence-corrected chi connectivity index (χ1v) is 6.51. The van der Waals surface area contributed by atoms with Crippen molar-refractivity contribution in [3.05, 3.63) is 29.8 Å². The SMILES string of the molecule is CCC(NCCSC)c1ccc(F)cn1. The summed E-state index contributed by atoms with van der Waals surface area (Å²) in [5, 5.41) is 3.40. The molecule has 0 bridgehead atoms. The van der Waals surface area contributed by atoms with Gasteiger partial charge in [-0.15, -0.1) is 0 Å². The third kappa shape index (κ3) is 4.18. The Labute approximate surface area is 94.7 Å². The van der Waals surface area contributed by atoms with E-state index in [1.54, 1.807) is 6.07 Å². The van der Waals surface area contributed by atoms with Gasteiger partial charge in [0.15, 0.2) is 0 Å². The fraction of sp³-hybridized carbons (Fsp3) is 0.545. The second-order valence-corrected chi connectivity index (χ2v) is 4.29. The largest absolute Gasteiger partial charge is 0.308 e. The molecule has 1 unspecified atom stereocenters. The molecule has 0 spiro atoms. The van der Waals surface area contributed by atoms with Crippen molar-refractivity contribution in [2.75, 3.05) is 18.6 Å². The molecule has 15 heavy (non-hydrogen) atoms. The number of nitrogens with one attached hydrogen (secondary N) is 1. The summed E-state index contributed by atoms with van der Waals surface area (Å²) in [6.07, 6.45) is 4.32. The van der Waals surface area contributed by atoms with Gasteiger partial charge >= 0.3 is 0 Å². The maximum atomic E-state index is 12.7. The fourth-order valence-electron chi connectivity index (χ4n) is 1.39. The minimum atomic E-state index is -0.280. The Morgan fingerprint density at radius 1 is 1.53 bits per heavy atom. The van der Waals surface area contributed by atoms with Crippen molar-refractivity contribution in [3.63, 3.8) is 0 Å². The molecule has 0 amide bonds. The van der Waals surface area contributed by atoms with Crippen LogP contribution in [-0.2, 0) is 0 Å². The minimum absolute atomic E-state index is 0.234. The van der Waals surface area contributed by atoms with Crippen LogP contribution < -0.4 is 5.32 Å². The highest BCUT2D eigenvalue weighted by atomic mass is 32.2. The fourth-order valence-corrected chi connectivity index (χ4v) is 1.71. The van der Waals surface area contributed by atoms with Gasteiger partial charge in [-0.1, -0.05) is 6.92 Å². The van der Waals surface area contributed by atoms with E-state index in [9.17, 15) is 4.39 Å². The van der Waals surface area contributed by atoms with E-state index in [1.807, 2.05) is 11.8 Å². The molecule has 1 heterocycles. The van der Waals surface area contributed by atoms with Gasteiger partial charge in [-0.25, -0.2) is 4.39 Å². The first-order chi connectivity index (χ1) is 7.27. The van der Waals surface area contributed by atoms with Crippen molar-refractivity contribution in [2.24, 2.45) is 0 Å². The van der Waals surface area contributed by atoms with Crippen LogP contribution in [0.5, 0.6) is 0 Å². The first-order valence-electron chi connectivity index (χ1n) is 5.11. The van der Waals surface area contributed by atoms with E-state index in [4.69, 9.17) is 0 Å². The molecule has 1 rings (SSSR count). The molecule has 1 N–H and O–H groups in total. The molecule has 0 aromatic carbocycles. The second kappa shape index (κ2) is 6.80. The third-order valence-corrected chi connectivity index (χ3v) is 2.82. The average molecular weight is 228 g/mol. The zero-order valence-corrected chi connectivity index (χ0v) is 9.98. The monoisotopic (exact) mass is 228 g/mol. The lowest BCUT2D eigenvalue weighted by Gasteiger charge is -2.15. The molecular formula is C11H17FN2S. The van der Waals surface area contributed by atoms with Gasteiger partial charge in [0.2, 0.25) is 0 Å². The van der Waals surface area contributed by atoms with Crippen molar-refractivity contribution in [3.8, 4) is 0 Å². The summed E-state index contributed by atoms with van der Waals surface area (Å²) >= 11 is 1.81.